The van der Waals surface area contributed by atoms with Crippen LogP contribution in [0.2, 0.25) is 0 Å². The number of carbonyl (C=O) groups excluding carboxylic acids is 1. The van der Waals surface area contributed by atoms with Crippen LogP contribution >= 0.6 is 23.1 Å². The lowest BCUT2D eigenvalue weighted by atomic mass is 9.84. The first-order chi connectivity index (χ1) is 13.0. The molecule has 2 aromatic heterocycles. The maximum Gasteiger partial charge on any atom is 0.235 e. The fourth-order valence-corrected chi connectivity index (χ4v) is 6.73. The fraction of sp³-hybridized carbons (Fsp3) is 0.650. The molecule has 2 fully saturated rings. The van der Waals surface area contributed by atoms with E-state index in [4.69, 9.17) is 0 Å². The van der Waals surface area contributed by atoms with Crippen LogP contribution in [0.3, 0.4) is 0 Å². The number of fused-ring (bicyclic) bond motifs is 2. The lowest BCUT2D eigenvalue weighted by Gasteiger charge is -2.30. The Balaban J connectivity index is 1.66. The normalized spacial score (nSPS) is 26.3. The summed E-state index contributed by atoms with van der Waals surface area (Å²) in [5, 5.41) is 11.9. The van der Waals surface area contributed by atoms with Gasteiger partial charge >= 0.3 is 0 Å². The molecular weight excluding hydrogens is 376 g/mol. The Bertz CT molecular complexity index is 801. The Labute approximate surface area is 169 Å². The Kier molecular flexibility index (Phi) is 5.34. The molecule has 1 amide bonds. The standard InChI is InChI=1S/C20H28N4OS2/c1-12(16-11-14-7-8-15(16)10-14)24-18(17-6-5-9-26-17)21-22-20(24)27-13(2)19(25)23(3)4/h5-6,9,12-16H,7-8,10-11H2,1-4H3. The van der Waals surface area contributed by atoms with Crippen molar-refractivity contribution in [1.29, 1.82) is 0 Å². The number of nitrogens with zero attached hydrogens (tertiary/aromatic N) is 4. The van der Waals surface area contributed by atoms with Gasteiger partial charge in [-0.1, -0.05) is 24.2 Å². The first-order valence-corrected chi connectivity index (χ1v) is 11.6. The predicted molar refractivity (Wildman–Crippen MR) is 111 cm³/mol. The highest BCUT2D eigenvalue weighted by molar-refractivity contribution is 8.00. The third-order valence-corrected chi connectivity index (χ3v) is 8.21. The minimum atomic E-state index is -0.175. The zero-order valence-corrected chi connectivity index (χ0v) is 18.1. The predicted octanol–water partition coefficient (Wildman–Crippen LogP) is 4.57. The van der Waals surface area contributed by atoms with Crippen molar-refractivity contribution < 1.29 is 4.79 Å². The van der Waals surface area contributed by atoms with Gasteiger partial charge < -0.3 is 4.90 Å². The molecular formula is C20H28N4OS2. The number of hydrogen-bond donors (Lipinski definition) is 0. The van der Waals surface area contributed by atoms with Crippen molar-refractivity contribution in [2.24, 2.45) is 17.8 Å². The summed E-state index contributed by atoms with van der Waals surface area (Å²) in [6.45, 7) is 4.29. The molecule has 2 aromatic rings. The molecule has 7 heteroatoms. The van der Waals surface area contributed by atoms with Crippen molar-refractivity contribution in [3.63, 3.8) is 0 Å². The van der Waals surface area contributed by atoms with Crippen LogP contribution in [0.5, 0.6) is 0 Å². The van der Waals surface area contributed by atoms with Crippen LogP contribution in [0.1, 0.15) is 45.6 Å². The maximum atomic E-state index is 12.4. The molecule has 0 spiro atoms. The summed E-state index contributed by atoms with van der Waals surface area (Å²) in [7, 11) is 3.61. The third kappa shape index (κ3) is 3.56. The van der Waals surface area contributed by atoms with Gasteiger partial charge in [0.15, 0.2) is 11.0 Å². The zero-order valence-electron chi connectivity index (χ0n) is 16.5. The fourth-order valence-electron chi connectivity index (χ4n) is 4.95. The summed E-state index contributed by atoms with van der Waals surface area (Å²) < 4.78 is 2.32. The second kappa shape index (κ2) is 7.59. The average molecular weight is 405 g/mol. The quantitative estimate of drug-likeness (QED) is 0.662. The van der Waals surface area contributed by atoms with E-state index >= 15 is 0 Å². The lowest BCUT2D eigenvalue weighted by Crippen LogP contribution is -2.30. The Hall–Kier alpha value is -1.34. The molecule has 2 heterocycles. The molecule has 0 aromatic carbocycles. The number of thiophene rings is 1. The minimum Gasteiger partial charge on any atom is -0.348 e. The van der Waals surface area contributed by atoms with Crippen LogP contribution in [-0.2, 0) is 4.79 Å². The summed E-state index contributed by atoms with van der Waals surface area (Å²) in [5.74, 6) is 3.50. The highest BCUT2D eigenvalue weighted by Gasteiger charge is 2.43. The van der Waals surface area contributed by atoms with E-state index in [1.54, 1.807) is 30.3 Å². The van der Waals surface area contributed by atoms with E-state index in [0.29, 0.717) is 12.0 Å². The zero-order chi connectivity index (χ0) is 19.1. The van der Waals surface area contributed by atoms with Gasteiger partial charge in [-0.25, -0.2) is 0 Å². The van der Waals surface area contributed by atoms with Crippen molar-refractivity contribution in [3.8, 4) is 10.7 Å². The Morgan fingerprint density at radius 2 is 2.11 bits per heavy atom. The first-order valence-electron chi connectivity index (χ1n) is 9.82. The molecule has 2 saturated carbocycles. The maximum absolute atomic E-state index is 12.4. The number of carbonyl (C=O) groups is 1. The van der Waals surface area contributed by atoms with Gasteiger partial charge in [0, 0.05) is 20.1 Å². The van der Waals surface area contributed by atoms with E-state index in [2.05, 4.69) is 39.2 Å². The van der Waals surface area contributed by atoms with Crippen LogP contribution in [0, 0.1) is 17.8 Å². The molecule has 0 saturated heterocycles. The molecule has 5 atom stereocenters. The van der Waals surface area contributed by atoms with Crippen molar-refractivity contribution >= 4 is 29.0 Å². The van der Waals surface area contributed by atoms with Crippen LogP contribution in [0.4, 0.5) is 0 Å². The number of hydrogen-bond acceptors (Lipinski definition) is 5. The van der Waals surface area contributed by atoms with Crippen LogP contribution in [0.15, 0.2) is 22.7 Å². The molecule has 0 radical (unpaired) electrons. The van der Waals surface area contributed by atoms with Gasteiger partial charge in [-0.2, -0.15) is 0 Å². The van der Waals surface area contributed by atoms with E-state index in [0.717, 1.165) is 27.7 Å². The largest absolute Gasteiger partial charge is 0.348 e. The summed E-state index contributed by atoms with van der Waals surface area (Å²) in [5.41, 5.74) is 0. The number of aromatic nitrogens is 3. The molecule has 0 aliphatic heterocycles. The second-order valence-electron chi connectivity index (χ2n) is 8.23. The molecule has 5 unspecified atom stereocenters. The second-order valence-corrected chi connectivity index (χ2v) is 10.5. The van der Waals surface area contributed by atoms with Crippen LogP contribution in [-0.4, -0.2) is 44.9 Å². The van der Waals surface area contributed by atoms with Gasteiger partial charge in [0.1, 0.15) is 0 Å². The van der Waals surface area contributed by atoms with Gasteiger partial charge in [-0.05, 0) is 62.3 Å². The number of amides is 1. The minimum absolute atomic E-state index is 0.111. The van der Waals surface area contributed by atoms with E-state index in [1.807, 2.05) is 6.92 Å². The Morgan fingerprint density at radius 3 is 2.70 bits per heavy atom. The lowest BCUT2D eigenvalue weighted by molar-refractivity contribution is -0.127. The van der Waals surface area contributed by atoms with E-state index in [-0.39, 0.29) is 11.2 Å². The van der Waals surface area contributed by atoms with Crippen molar-refractivity contribution in [2.75, 3.05) is 14.1 Å². The van der Waals surface area contributed by atoms with E-state index in [9.17, 15) is 4.79 Å². The SMILES string of the molecule is CC(Sc1nnc(-c2cccs2)n1C(C)C1CC2CCC1C2)C(=O)N(C)C. The molecule has 2 aliphatic carbocycles. The molecule has 0 N–H and O–H groups in total. The van der Waals surface area contributed by atoms with Gasteiger partial charge in [0.2, 0.25) is 5.91 Å². The van der Waals surface area contributed by atoms with Crippen molar-refractivity contribution in [2.45, 2.75) is 56.0 Å². The smallest absolute Gasteiger partial charge is 0.235 e. The number of thioether (sulfide) groups is 1. The highest BCUT2D eigenvalue weighted by Crippen LogP contribution is 2.53. The van der Waals surface area contributed by atoms with E-state index < -0.39 is 0 Å². The third-order valence-electron chi connectivity index (χ3n) is 6.30. The Morgan fingerprint density at radius 1 is 1.30 bits per heavy atom. The summed E-state index contributed by atoms with van der Waals surface area (Å²) in [6.07, 6.45) is 5.49. The summed E-state index contributed by atoms with van der Waals surface area (Å²) in [6, 6.07) is 4.53. The molecule has 2 bridgehead atoms. The first kappa shape index (κ1) is 19.0. The van der Waals surface area contributed by atoms with Crippen molar-refractivity contribution in [3.05, 3.63) is 17.5 Å². The van der Waals surface area contributed by atoms with Crippen LogP contribution < -0.4 is 0 Å². The topological polar surface area (TPSA) is 51.0 Å². The average Bonchev–Trinajstić information content (AvgIpc) is 3.42. The molecule has 27 heavy (non-hydrogen) atoms. The van der Waals surface area contributed by atoms with Gasteiger partial charge in [0.05, 0.1) is 10.1 Å². The summed E-state index contributed by atoms with van der Waals surface area (Å²) >= 11 is 3.24. The van der Waals surface area contributed by atoms with Crippen molar-refractivity contribution in [1.82, 2.24) is 19.7 Å². The van der Waals surface area contributed by atoms with Gasteiger partial charge in [-0.3, -0.25) is 9.36 Å². The monoisotopic (exact) mass is 404 g/mol. The molecule has 5 nitrogen and oxygen atoms in total. The molecule has 4 rings (SSSR count). The summed E-state index contributed by atoms with van der Waals surface area (Å²) in [4.78, 5) is 15.2. The molecule has 146 valence electrons. The molecule has 2 aliphatic rings. The van der Waals surface area contributed by atoms with E-state index in [1.165, 1.54) is 37.4 Å². The van der Waals surface area contributed by atoms with Gasteiger partial charge in [0.25, 0.3) is 0 Å². The van der Waals surface area contributed by atoms with Crippen LogP contribution in [0.25, 0.3) is 10.7 Å². The highest BCUT2D eigenvalue weighted by atomic mass is 32.2. The number of rotatable bonds is 6. The van der Waals surface area contributed by atoms with Gasteiger partial charge in [-0.15, -0.1) is 21.5 Å².